The molecule has 0 saturated heterocycles. The van der Waals surface area contributed by atoms with Crippen LogP contribution in [-0.2, 0) is 11.2 Å². The van der Waals surface area contributed by atoms with Crippen LogP contribution in [0.5, 0.6) is 11.5 Å². The molecule has 106 valence electrons. The van der Waals surface area contributed by atoms with Crippen LogP contribution in [-0.4, -0.2) is 32.0 Å². The average molecular weight is 277 g/mol. The van der Waals surface area contributed by atoms with Crippen molar-refractivity contribution in [2.24, 2.45) is 16.6 Å². The number of aliphatic imine (C=N–C) groups is 1. The third kappa shape index (κ3) is 2.71. The minimum Gasteiger partial charge on any atom is -0.493 e. The molecule has 0 radical (unpaired) electrons. The van der Waals surface area contributed by atoms with Crippen LogP contribution < -0.4 is 20.5 Å². The minimum atomic E-state index is -0.726. The van der Waals surface area contributed by atoms with Crippen LogP contribution in [0.4, 0.5) is 4.79 Å². The summed E-state index contributed by atoms with van der Waals surface area (Å²) in [6.45, 7) is 0. The topological polar surface area (TPSA) is 103 Å². The van der Waals surface area contributed by atoms with Gasteiger partial charge in [-0.15, -0.1) is 0 Å². The largest absolute Gasteiger partial charge is 0.493 e. The molecule has 0 bridgehead atoms. The van der Waals surface area contributed by atoms with Crippen LogP contribution in [0.15, 0.2) is 23.2 Å². The molecule has 1 atom stereocenters. The van der Waals surface area contributed by atoms with E-state index in [2.05, 4.69) is 10.3 Å². The van der Waals surface area contributed by atoms with Crippen LogP contribution in [0.2, 0.25) is 0 Å². The molecule has 7 nitrogen and oxygen atoms in total. The van der Waals surface area contributed by atoms with Crippen molar-refractivity contribution >= 4 is 17.8 Å². The SMILES string of the molecule is COc1ccc(CC2C(=O)NC(=O)N=C2N)cc1OC. The molecule has 20 heavy (non-hydrogen) atoms. The van der Waals surface area contributed by atoms with Gasteiger partial charge in [0.1, 0.15) is 5.84 Å². The van der Waals surface area contributed by atoms with Crippen molar-refractivity contribution < 1.29 is 19.1 Å². The predicted octanol–water partition coefficient (Wildman–Crippen LogP) is 0.469. The number of rotatable bonds is 4. The fraction of sp³-hybridized carbons (Fsp3) is 0.308. The van der Waals surface area contributed by atoms with Gasteiger partial charge in [0.2, 0.25) is 5.91 Å². The highest BCUT2D eigenvalue weighted by molar-refractivity contribution is 6.15. The molecule has 1 heterocycles. The Bertz CT molecular complexity index is 583. The van der Waals surface area contributed by atoms with Crippen molar-refractivity contribution in [1.82, 2.24) is 5.32 Å². The van der Waals surface area contributed by atoms with Crippen molar-refractivity contribution in [2.45, 2.75) is 6.42 Å². The van der Waals surface area contributed by atoms with Crippen LogP contribution in [0.1, 0.15) is 5.56 Å². The van der Waals surface area contributed by atoms with E-state index < -0.39 is 17.9 Å². The normalized spacial score (nSPS) is 18.3. The predicted molar refractivity (Wildman–Crippen MR) is 71.9 cm³/mol. The van der Waals surface area contributed by atoms with Gasteiger partial charge in [-0.1, -0.05) is 6.07 Å². The number of nitrogens with zero attached hydrogens (tertiary/aromatic N) is 1. The Morgan fingerprint density at radius 3 is 2.55 bits per heavy atom. The van der Waals surface area contributed by atoms with E-state index in [1.54, 1.807) is 25.3 Å². The van der Waals surface area contributed by atoms with E-state index in [4.69, 9.17) is 15.2 Å². The molecule has 1 unspecified atom stereocenters. The quantitative estimate of drug-likeness (QED) is 0.832. The molecule has 0 aromatic heterocycles. The number of hydrogen-bond acceptors (Lipinski definition) is 5. The Kier molecular flexibility index (Phi) is 3.88. The number of urea groups is 1. The summed E-state index contributed by atoms with van der Waals surface area (Å²) in [5.74, 6) is 0.0746. The Morgan fingerprint density at radius 1 is 1.25 bits per heavy atom. The lowest BCUT2D eigenvalue weighted by Gasteiger charge is -2.19. The molecule has 1 aromatic rings. The van der Waals surface area contributed by atoms with Gasteiger partial charge < -0.3 is 15.2 Å². The molecular formula is C13H15N3O4. The number of carbonyl (C=O) groups excluding carboxylic acids is 2. The maximum atomic E-state index is 11.7. The van der Waals surface area contributed by atoms with E-state index in [0.29, 0.717) is 17.9 Å². The fourth-order valence-electron chi connectivity index (χ4n) is 1.99. The van der Waals surface area contributed by atoms with Crippen LogP contribution in [0.3, 0.4) is 0 Å². The van der Waals surface area contributed by atoms with E-state index >= 15 is 0 Å². The van der Waals surface area contributed by atoms with Crippen LogP contribution in [0.25, 0.3) is 0 Å². The van der Waals surface area contributed by atoms with Gasteiger partial charge in [-0.05, 0) is 24.1 Å². The molecule has 1 aliphatic rings. The highest BCUT2D eigenvalue weighted by Gasteiger charge is 2.29. The first-order valence-electron chi connectivity index (χ1n) is 5.95. The Balaban J connectivity index is 2.24. The highest BCUT2D eigenvalue weighted by Crippen LogP contribution is 2.28. The first-order chi connectivity index (χ1) is 9.55. The van der Waals surface area contributed by atoms with E-state index in [9.17, 15) is 9.59 Å². The van der Waals surface area contributed by atoms with Gasteiger partial charge in [0.15, 0.2) is 11.5 Å². The first kappa shape index (κ1) is 13.9. The molecule has 3 amide bonds. The van der Waals surface area contributed by atoms with Gasteiger partial charge in [-0.3, -0.25) is 10.1 Å². The van der Waals surface area contributed by atoms with Gasteiger partial charge in [0, 0.05) is 0 Å². The van der Waals surface area contributed by atoms with Crippen LogP contribution in [0, 0.1) is 5.92 Å². The van der Waals surface area contributed by atoms with Crippen molar-refractivity contribution in [2.75, 3.05) is 14.2 Å². The standard InChI is InChI=1S/C13H15N3O4/c1-19-9-4-3-7(6-10(9)20-2)5-8-11(14)15-13(18)16-12(8)17/h3-4,6,8H,5H2,1-2H3,(H3,14,15,16,17,18). The second kappa shape index (κ2) is 5.60. The number of nitrogens with one attached hydrogen (secondary N) is 1. The maximum Gasteiger partial charge on any atom is 0.349 e. The summed E-state index contributed by atoms with van der Waals surface area (Å²) in [6.07, 6.45) is 0.328. The van der Waals surface area contributed by atoms with Crippen molar-refractivity contribution in [3.63, 3.8) is 0 Å². The number of hydrogen-bond donors (Lipinski definition) is 2. The molecule has 0 saturated carbocycles. The smallest absolute Gasteiger partial charge is 0.349 e. The summed E-state index contributed by atoms with van der Waals surface area (Å²) in [5, 5.41) is 2.13. The Morgan fingerprint density at radius 2 is 1.95 bits per heavy atom. The number of benzene rings is 1. The second-order valence-corrected chi connectivity index (χ2v) is 4.28. The van der Waals surface area contributed by atoms with Gasteiger partial charge >= 0.3 is 6.03 Å². The number of methoxy groups -OCH3 is 2. The summed E-state index contributed by atoms with van der Waals surface area (Å²) in [5.41, 5.74) is 6.48. The summed E-state index contributed by atoms with van der Waals surface area (Å²) in [6, 6.07) is 4.58. The van der Waals surface area contributed by atoms with Gasteiger partial charge in [-0.25, -0.2) is 4.79 Å². The molecule has 1 aliphatic heterocycles. The molecular weight excluding hydrogens is 262 g/mol. The lowest BCUT2D eigenvalue weighted by atomic mass is 9.96. The number of imide groups is 1. The molecule has 3 N–H and O–H groups in total. The Labute approximate surface area is 115 Å². The van der Waals surface area contributed by atoms with Crippen molar-refractivity contribution in [3.8, 4) is 11.5 Å². The van der Waals surface area contributed by atoms with Gasteiger partial charge in [-0.2, -0.15) is 4.99 Å². The summed E-state index contributed by atoms with van der Waals surface area (Å²) in [4.78, 5) is 26.3. The fourth-order valence-corrected chi connectivity index (χ4v) is 1.99. The molecule has 0 aliphatic carbocycles. The zero-order valence-electron chi connectivity index (χ0n) is 11.2. The first-order valence-corrected chi connectivity index (χ1v) is 5.95. The number of carbonyl (C=O) groups is 2. The number of amides is 3. The molecule has 2 rings (SSSR count). The summed E-state index contributed by atoms with van der Waals surface area (Å²) in [7, 11) is 3.08. The maximum absolute atomic E-state index is 11.7. The zero-order valence-corrected chi connectivity index (χ0v) is 11.2. The lowest BCUT2D eigenvalue weighted by molar-refractivity contribution is -0.122. The van der Waals surface area contributed by atoms with E-state index in [1.807, 2.05) is 0 Å². The number of amidine groups is 1. The molecule has 1 aromatic carbocycles. The van der Waals surface area contributed by atoms with E-state index in [-0.39, 0.29) is 5.84 Å². The van der Waals surface area contributed by atoms with Crippen LogP contribution >= 0.6 is 0 Å². The molecule has 0 fully saturated rings. The van der Waals surface area contributed by atoms with Gasteiger partial charge in [0.25, 0.3) is 0 Å². The lowest BCUT2D eigenvalue weighted by Crippen LogP contribution is -2.47. The Hall–Kier alpha value is -2.57. The average Bonchev–Trinajstić information content (AvgIpc) is 2.42. The number of ether oxygens (including phenoxy) is 2. The molecule has 0 spiro atoms. The molecule has 7 heteroatoms. The van der Waals surface area contributed by atoms with Gasteiger partial charge in [0.05, 0.1) is 20.1 Å². The summed E-state index contributed by atoms with van der Waals surface area (Å²) >= 11 is 0. The zero-order chi connectivity index (χ0) is 14.7. The third-order valence-corrected chi connectivity index (χ3v) is 3.02. The van der Waals surface area contributed by atoms with E-state index in [1.165, 1.54) is 7.11 Å². The monoisotopic (exact) mass is 277 g/mol. The highest BCUT2D eigenvalue weighted by atomic mass is 16.5. The summed E-state index contributed by atoms with van der Waals surface area (Å²) < 4.78 is 10.3. The minimum absolute atomic E-state index is 0.0218. The van der Waals surface area contributed by atoms with E-state index in [0.717, 1.165) is 5.56 Å². The second-order valence-electron chi connectivity index (χ2n) is 4.28. The number of nitrogens with two attached hydrogens (primary N) is 1. The van der Waals surface area contributed by atoms with Crippen molar-refractivity contribution in [1.29, 1.82) is 0 Å². The third-order valence-electron chi connectivity index (χ3n) is 3.02. The van der Waals surface area contributed by atoms with Crippen molar-refractivity contribution in [3.05, 3.63) is 23.8 Å².